The van der Waals surface area contributed by atoms with Crippen LogP contribution in [0, 0.1) is 11.8 Å². The van der Waals surface area contributed by atoms with E-state index >= 15 is 0 Å². The van der Waals surface area contributed by atoms with Crippen LogP contribution in [0.4, 0.5) is 20.2 Å². The van der Waals surface area contributed by atoms with Crippen LogP contribution in [0.1, 0.15) is 32.1 Å². The fraction of sp³-hybridized carbons (Fsp3) is 0.550. The van der Waals surface area contributed by atoms with E-state index < -0.39 is 5.92 Å². The summed E-state index contributed by atoms with van der Waals surface area (Å²) in [6.45, 7) is 0.753. The number of nitrogen functional groups attached to an aromatic ring is 1. The highest BCUT2D eigenvalue weighted by molar-refractivity contribution is 5.96. The maximum Gasteiger partial charge on any atom is 0.295 e. The van der Waals surface area contributed by atoms with Crippen molar-refractivity contribution in [3.8, 4) is 5.75 Å². The van der Waals surface area contributed by atoms with Gasteiger partial charge in [0, 0.05) is 42.9 Å². The van der Waals surface area contributed by atoms with Crippen LogP contribution in [0.25, 0.3) is 10.9 Å². The zero-order valence-electron chi connectivity index (χ0n) is 15.0. The molecule has 2 aliphatic carbocycles. The summed E-state index contributed by atoms with van der Waals surface area (Å²) in [6, 6.07) is 5.68. The molecule has 2 heterocycles. The van der Waals surface area contributed by atoms with E-state index in [2.05, 4.69) is 5.32 Å². The van der Waals surface area contributed by atoms with Crippen LogP contribution in [0.5, 0.6) is 5.75 Å². The van der Waals surface area contributed by atoms with Gasteiger partial charge in [0.25, 0.3) is 5.56 Å². The summed E-state index contributed by atoms with van der Waals surface area (Å²) < 4.78 is 34.0. The fourth-order valence-electron chi connectivity index (χ4n) is 4.48. The Labute approximate surface area is 155 Å². The van der Waals surface area contributed by atoms with E-state index in [0.717, 1.165) is 17.3 Å². The van der Waals surface area contributed by atoms with Crippen LogP contribution in [0.3, 0.4) is 0 Å². The lowest BCUT2D eigenvalue weighted by molar-refractivity contribution is -0.114. The van der Waals surface area contributed by atoms with Crippen molar-refractivity contribution in [2.24, 2.45) is 11.8 Å². The van der Waals surface area contributed by atoms with Crippen molar-refractivity contribution in [1.29, 1.82) is 0 Å². The fourth-order valence-corrected chi connectivity index (χ4v) is 4.48. The van der Waals surface area contributed by atoms with Gasteiger partial charge in [-0.3, -0.25) is 4.79 Å². The molecule has 2 saturated carbocycles. The molecule has 0 bridgehead atoms. The number of benzene rings is 1. The summed E-state index contributed by atoms with van der Waals surface area (Å²) >= 11 is 0. The van der Waals surface area contributed by atoms with E-state index in [-0.39, 0.29) is 36.9 Å². The zero-order chi connectivity index (χ0) is 18.8. The predicted molar refractivity (Wildman–Crippen MR) is 101 cm³/mol. The van der Waals surface area contributed by atoms with Crippen molar-refractivity contribution in [2.45, 2.75) is 50.6 Å². The Balaban J connectivity index is 1.62. The Morgan fingerprint density at radius 2 is 2.04 bits per heavy atom. The summed E-state index contributed by atoms with van der Waals surface area (Å²) in [5, 5.41) is 4.36. The second-order valence-electron chi connectivity index (χ2n) is 8.25. The highest BCUT2D eigenvalue weighted by Gasteiger charge is 2.45. The number of anilines is 2. The lowest BCUT2D eigenvalue weighted by Crippen LogP contribution is -2.39. The van der Waals surface area contributed by atoms with Gasteiger partial charge in [-0.05, 0) is 42.9 Å². The van der Waals surface area contributed by atoms with Crippen molar-refractivity contribution < 1.29 is 13.5 Å². The molecule has 1 aromatic heterocycles. The highest BCUT2D eigenvalue weighted by Crippen LogP contribution is 2.44. The number of halogens is 2. The standard InChI is InChI=1S/C20H23F2N3O2/c21-20(22)8-11(9-20)10-25-16-4-3-13(23)7-14(16)17-18(19(25)26)27-6-5-15(24-17)12-1-2-12/h3-4,7,11-12,15,24H,1-2,5-6,8-10,23H2/t15-/m1/s1. The quantitative estimate of drug-likeness (QED) is 0.805. The normalized spacial score (nSPS) is 24.4. The molecule has 1 aliphatic heterocycles. The van der Waals surface area contributed by atoms with Gasteiger partial charge in [-0.1, -0.05) is 0 Å². The number of nitrogens with zero attached hydrogens (tertiary/aromatic N) is 1. The van der Waals surface area contributed by atoms with Crippen LogP contribution < -0.4 is 21.3 Å². The molecule has 2 fully saturated rings. The van der Waals surface area contributed by atoms with E-state index in [9.17, 15) is 13.6 Å². The number of hydrogen-bond donors (Lipinski definition) is 2. The van der Waals surface area contributed by atoms with Crippen LogP contribution >= 0.6 is 0 Å². The molecule has 1 atom stereocenters. The van der Waals surface area contributed by atoms with E-state index in [4.69, 9.17) is 10.5 Å². The molecule has 1 aromatic carbocycles. The number of pyridine rings is 1. The lowest BCUT2D eigenvalue weighted by Gasteiger charge is -2.35. The average Bonchev–Trinajstić information content (AvgIpc) is 3.42. The number of aromatic nitrogens is 1. The number of nitrogens with one attached hydrogen (secondary N) is 1. The Hall–Kier alpha value is -2.31. The first-order valence-electron chi connectivity index (χ1n) is 9.64. The third-order valence-corrected chi connectivity index (χ3v) is 6.06. The van der Waals surface area contributed by atoms with E-state index in [0.29, 0.717) is 29.6 Å². The Morgan fingerprint density at radius 3 is 2.74 bits per heavy atom. The second-order valence-corrected chi connectivity index (χ2v) is 8.25. The number of nitrogens with two attached hydrogens (primary N) is 1. The van der Waals surface area contributed by atoms with Gasteiger partial charge in [-0.2, -0.15) is 0 Å². The van der Waals surface area contributed by atoms with Crippen molar-refractivity contribution in [3.05, 3.63) is 28.6 Å². The molecule has 0 spiro atoms. The molecule has 3 aliphatic rings. The Kier molecular flexibility index (Phi) is 3.64. The first-order chi connectivity index (χ1) is 12.9. The highest BCUT2D eigenvalue weighted by atomic mass is 19.3. The van der Waals surface area contributed by atoms with Gasteiger partial charge in [0.1, 0.15) is 0 Å². The van der Waals surface area contributed by atoms with Gasteiger partial charge in [-0.25, -0.2) is 8.78 Å². The topological polar surface area (TPSA) is 69.3 Å². The average molecular weight is 375 g/mol. The molecule has 27 heavy (non-hydrogen) atoms. The van der Waals surface area contributed by atoms with Crippen LogP contribution in [0.15, 0.2) is 23.0 Å². The first-order valence-corrected chi connectivity index (χ1v) is 9.64. The van der Waals surface area contributed by atoms with Gasteiger partial charge < -0.3 is 20.4 Å². The smallest absolute Gasteiger partial charge is 0.295 e. The minimum absolute atomic E-state index is 0.171. The largest absolute Gasteiger partial charge is 0.486 e. The van der Waals surface area contributed by atoms with E-state index in [1.54, 1.807) is 10.6 Å². The molecule has 5 rings (SSSR count). The first kappa shape index (κ1) is 16.8. The van der Waals surface area contributed by atoms with Crippen LogP contribution in [-0.2, 0) is 6.54 Å². The van der Waals surface area contributed by atoms with Gasteiger partial charge in [0.2, 0.25) is 11.7 Å². The minimum atomic E-state index is -2.60. The van der Waals surface area contributed by atoms with Crippen LogP contribution in [0.2, 0.25) is 0 Å². The second kappa shape index (κ2) is 5.84. The molecule has 0 radical (unpaired) electrons. The van der Waals surface area contributed by atoms with Gasteiger partial charge in [-0.15, -0.1) is 0 Å². The minimum Gasteiger partial charge on any atom is -0.486 e. The number of rotatable bonds is 3. The molecular formula is C20H23F2N3O2. The van der Waals surface area contributed by atoms with Gasteiger partial charge in [0.15, 0.2) is 0 Å². The molecule has 144 valence electrons. The molecule has 0 unspecified atom stereocenters. The number of hydrogen-bond acceptors (Lipinski definition) is 4. The van der Waals surface area contributed by atoms with E-state index in [1.165, 1.54) is 12.8 Å². The molecule has 0 saturated heterocycles. The van der Waals surface area contributed by atoms with Crippen molar-refractivity contribution >= 4 is 22.3 Å². The molecule has 7 heteroatoms. The molecule has 2 aromatic rings. The molecule has 3 N–H and O–H groups in total. The third-order valence-electron chi connectivity index (χ3n) is 6.06. The summed E-state index contributed by atoms with van der Waals surface area (Å²) in [7, 11) is 0. The Bertz CT molecular complexity index is 960. The lowest BCUT2D eigenvalue weighted by atomic mass is 9.81. The maximum absolute atomic E-state index is 13.3. The zero-order valence-corrected chi connectivity index (χ0v) is 15.0. The maximum atomic E-state index is 13.3. The SMILES string of the molecule is Nc1ccc2c(c1)c1c(c(=O)n2CC2CC(F)(F)C2)OCC[C@H](C2CC2)N1. The Morgan fingerprint density at radius 1 is 1.26 bits per heavy atom. The molecular weight excluding hydrogens is 352 g/mol. The summed E-state index contributed by atoms with van der Waals surface area (Å²) in [5.74, 6) is -1.89. The van der Waals surface area contributed by atoms with Crippen LogP contribution in [-0.4, -0.2) is 23.1 Å². The third kappa shape index (κ3) is 2.93. The van der Waals surface area contributed by atoms with Crippen molar-refractivity contribution in [3.63, 3.8) is 0 Å². The molecule has 5 nitrogen and oxygen atoms in total. The van der Waals surface area contributed by atoms with Crippen molar-refractivity contribution in [2.75, 3.05) is 17.7 Å². The van der Waals surface area contributed by atoms with Gasteiger partial charge in [0.05, 0.1) is 17.8 Å². The molecule has 0 amide bonds. The number of alkyl halides is 2. The number of fused-ring (bicyclic) bond motifs is 3. The summed E-state index contributed by atoms with van der Waals surface area (Å²) in [4.78, 5) is 13.2. The number of ether oxygens (including phenoxy) is 1. The monoisotopic (exact) mass is 375 g/mol. The van der Waals surface area contributed by atoms with Gasteiger partial charge >= 0.3 is 0 Å². The summed E-state index contributed by atoms with van der Waals surface area (Å²) in [6.07, 6.45) is 2.89. The van der Waals surface area contributed by atoms with E-state index in [1.807, 2.05) is 12.1 Å². The van der Waals surface area contributed by atoms with Crippen molar-refractivity contribution in [1.82, 2.24) is 4.57 Å². The summed E-state index contributed by atoms with van der Waals surface area (Å²) in [5.41, 5.74) is 7.78. The predicted octanol–water partition coefficient (Wildman–Crippen LogP) is 3.60.